The molecule has 1 aliphatic rings. The van der Waals surface area contributed by atoms with Crippen LogP contribution in [0.4, 0.5) is 0 Å². The molecule has 148 valence electrons. The summed E-state index contributed by atoms with van der Waals surface area (Å²) < 4.78 is 0. The average Bonchev–Trinajstić information content (AvgIpc) is 2.77. The molecule has 1 aromatic heterocycles. The van der Waals surface area contributed by atoms with Crippen molar-refractivity contribution < 1.29 is 9.59 Å². The summed E-state index contributed by atoms with van der Waals surface area (Å²) in [4.78, 5) is 43.7. The molecule has 29 heavy (non-hydrogen) atoms. The number of fused-ring (bicyclic) bond motifs is 1. The van der Waals surface area contributed by atoms with E-state index in [1.54, 1.807) is 24.3 Å². The standard InChI is InChI=1S/C23H23N3O3/c27-21(17-5-2-1-3-6-17)11-12-25-13-15-26(16-14-25)23(29)19-7-4-8-20-18(19)9-10-22(28)24-20/h1-10H,11-16H2,(H,24,28). The molecule has 4 rings (SSSR count). The number of piperazine rings is 1. The van der Waals surface area contributed by atoms with Gasteiger partial charge in [0, 0.05) is 67.2 Å². The normalized spacial score (nSPS) is 14.8. The summed E-state index contributed by atoms with van der Waals surface area (Å²) in [6.07, 6.45) is 0.481. The van der Waals surface area contributed by atoms with Gasteiger partial charge in [0.15, 0.2) is 5.78 Å². The van der Waals surface area contributed by atoms with Gasteiger partial charge >= 0.3 is 0 Å². The molecule has 1 saturated heterocycles. The minimum Gasteiger partial charge on any atom is -0.336 e. The highest BCUT2D eigenvalue weighted by Crippen LogP contribution is 2.18. The van der Waals surface area contributed by atoms with Crippen molar-refractivity contribution >= 4 is 22.6 Å². The second kappa shape index (κ2) is 8.41. The third kappa shape index (κ3) is 4.27. The topological polar surface area (TPSA) is 73.5 Å². The number of nitrogens with one attached hydrogen (secondary N) is 1. The second-order valence-electron chi connectivity index (χ2n) is 7.26. The summed E-state index contributed by atoms with van der Waals surface area (Å²) in [5.74, 6) is 0.122. The zero-order valence-corrected chi connectivity index (χ0v) is 16.1. The van der Waals surface area contributed by atoms with Crippen LogP contribution < -0.4 is 5.56 Å². The van der Waals surface area contributed by atoms with Gasteiger partial charge in [-0.2, -0.15) is 0 Å². The number of benzene rings is 2. The summed E-state index contributed by atoms with van der Waals surface area (Å²) >= 11 is 0. The summed E-state index contributed by atoms with van der Waals surface area (Å²) in [6.45, 7) is 3.44. The maximum Gasteiger partial charge on any atom is 0.254 e. The van der Waals surface area contributed by atoms with Crippen molar-refractivity contribution in [3.8, 4) is 0 Å². The van der Waals surface area contributed by atoms with Gasteiger partial charge in [0.1, 0.15) is 0 Å². The van der Waals surface area contributed by atoms with Crippen molar-refractivity contribution in [2.75, 3.05) is 32.7 Å². The molecule has 6 heteroatoms. The number of amides is 1. The molecule has 0 saturated carbocycles. The van der Waals surface area contributed by atoms with E-state index in [2.05, 4.69) is 9.88 Å². The number of hydrogen-bond donors (Lipinski definition) is 1. The van der Waals surface area contributed by atoms with Gasteiger partial charge in [-0.15, -0.1) is 0 Å². The Kier molecular flexibility index (Phi) is 5.53. The number of Topliss-reactive ketones (excluding diaryl/α,β-unsaturated/α-hetero) is 1. The van der Waals surface area contributed by atoms with E-state index < -0.39 is 0 Å². The molecule has 1 fully saturated rings. The molecule has 2 aromatic carbocycles. The van der Waals surface area contributed by atoms with E-state index in [1.165, 1.54) is 6.07 Å². The first kappa shape index (κ1) is 19.1. The molecule has 6 nitrogen and oxygen atoms in total. The van der Waals surface area contributed by atoms with Crippen LogP contribution in [0.5, 0.6) is 0 Å². The molecule has 0 aliphatic carbocycles. The van der Waals surface area contributed by atoms with Crippen LogP contribution >= 0.6 is 0 Å². The lowest BCUT2D eigenvalue weighted by Crippen LogP contribution is -2.49. The SMILES string of the molecule is O=C(CCN1CCN(C(=O)c2cccc3[nH]c(=O)ccc23)CC1)c1ccccc1. The second-order valence-corrected chi connectivity index (χ2v) is 7.26. The molecule has 2 heterocycles. The van der Waals surface area contributed by atoms with Gasteiger partial charge in [-0.3, -0.25) is 19.3 Å². The molecular formula is C23H23N3O3. The third-order valence-electron chi connectivity index (χ3n) is 5.41. The van der Waals surface area contributed by atoms with E-state index in [9.17, 15) is 14.4 Å². The third-order valence-corrected chi connectivity index (χ3v) is 5.41. The molecule has 1 N–H and O–H groups in total. The fraction of sp³-hybridized carbons (Fsp3) is 0.261. The van der Waals surface area contributed by atoms with Crippen LogP contribution in [0.2, 0.25) is 0 Å². The molecule has 0 unspecified atom stereocenters. The van der Waals surface area contributed by atoms with Gasteiger partial charge in [0.2, 0.25) is 5.56 Å². The fourth-order valence-electron chi connectivity index (χ4n) is 3.75. The molecule has 1 aliphatic heterocycles. The van der Waals surface area contributed by atoms with E-state index >= 15 is 0 Å². The lowest BCUT2D eigenvalue weighted by atomic mass is 10.1. The van der Waals surface area contributed by atoms with Gasteiger partial charge in [0.05, 0.1) is 0 Å². The molecule has 0 radical (unpaired) electrons. The molecule has 0 spiro atoms. The Morgan fingerprint density at radius 2 is 1.62 bits per heavy atom. The van der Waals surface area contributed by atoms with E-state index in [1.807, 2.05) is 35.2 Å². The van der Waals surface area contributed by atoms with E-state index in [-0.39, 0.29) is 17.2 Å². The Hall–Kier alpha value is -3.25. The summed E-state index contributed by atoms with van der Waals surface area (Å²) in [6, 6.07) is 17.9. The zero-order chi connectivity index (χ0) is 20.2. The smallest absolute Gasteiger partial charge is 0.254 e. The van der Waals surface area contributed by atoms with Gasteiger partial charge in [-0.05, 0) is 18.2 Å². The minimum atomic E-state index is -0.180. The highest BCUT2D eigenvalue weighted by molar-refractivity contribution is 6.06. The van der Waals surface area contributed by atoms with Crippen molar-refractivity contribution in [1.29, 1.82) is 0 Å². The van der Waals surface area contributed by atoms with E-state index in [4.69, 9.17) is 0 Å². The van der Waals surface area contributed by atoms with Crippen LogP contribution in [0.1, 0.15) is 27.1 Å². The number of pyridine rings is 1. The number of rotatable bonds is 5. The van der Waals surface area contributed by atoms with E-state index in [0.29, 0.717) is 37.1 Å². The van der Waals surface area contributed by atoms with Crippen LogP contribution in [0.15, 0.2) is 65.5 Å². The van der Waals surface area contributed by atoms with Crippen LogP contribution in [0.3, 0.4) is 0 Å². The zero-order valence-electron chi connectivity index (χ0n) is 16.1. The highest BCUT2D eigenvalue weighted by atomic mass is 16.2. The Bertz CT molecular complexity index is 1080. The monoisotopic (exact) mass is 389 g/mol. The summed E-state index contributed by atoms with van der Waals surface area (Å²) in [7, 11) is 0. The van der Waals surface area contributed by atoms with Gasteiger partial charge < -0.3 is 9.88 Å². The maximum absolute atomic E-state index is 13.0. The van der Waals surface area contributed by atoms with Crippen LogP contribution in [0.25, 0.3) is 10.9 Å². The van der Waals surface area contributed by atoms with Crippen LogP contribution in [-0.2, 0) is 0 Å². The van der Waals surface area contributed by atoms with Crippen molar-refractivity contribution in [2.45, 2.75) is 6.42 Å². The highest BCUT2D eigenvalue weighted by Gasteiger charge is 2.23. The number of carbonyl (C=O) groups excluding carboxylic acids is 2. The van der Waals surface area contributed by atoms with Crippen molar-refractivity contribution in [2.24, 2.45) is 0 Å². The number of aromatic amines is 1. The van der Waals surface area contributed by atoms with Crippen molar-refractivity contribution in [3.05, 3.63) is 82.1 Å². The number of carbonyl (C=O) groups is 2. The Morgan fingerprint density at radius 3 is 2.38 bits per heavy atom. The molecule has 3 aromatic rings. The van der Waals surface area contributed by atoms with Crippen LogP contribution in [0, 0.1) is 0 Å². The molecule has 0 bridgehead atoms. The van der Waals surface area contributed by atoms with Crippen molar-refractivity contribution in [3.63, 3.8) is 0 Å². The quantitative estimate of drug-likeness (QED) is 0.681. The Morgan fingerprint density at radius 1 is 0.862 bits per heavy atom. The minimum absolute atomic E-state index is 0.0253. The number of hydrogen-bond acceptors (Lipinski definition) is 4. The number of nitrogens with zero attached hydrogens (tertiary/aromatic N) is 2. The first-order valence-electron chi connectivity index (χ1n) is 9.84. The first-order chi connectivity index (χ1) is 14.1. The van der Waals surface area contributed by atoms with Gasteiger partial charge in [0.25, 0.3) is 5.91 Å². The number of ketones is 1. The van der Waals surface area contributed by atoms with Gasteiger partial charge in [-0.1, -0.05) is 36.4 Å². The summed E-state index contributed by atoms with van der Waals surface area (Å²) in [5.41, 5.74) is 1.84. The Labute approximate surface area is 168 Å². The Balaban J connectivity index is 1.36. The average molecular weight is 389 g/mol. The predicted molar refractivity (Wildman–Crippen MR) is 112 cm³/mol. The lowest BCUT2D eigenvalue weighted by molar-refractivity contribution is 0.0630. The van der Waals surface area contributed by atoms with Crippen LogP contribution in [-0.4, -0.2) is 59.2 Å². The fourth-order valence-corrected chi connectivity index (χ4v) is 3.75. The van der Waals surface area contributed by atoms with Crippen molar-refractivity contribution in [1.82, 2.24) is 14.8 Å². The maximum atomic E-state index is 13.0. The molecule has 1 amide bonds. The largest absolute Gasteiger partial charge is 0.336 e. The number of aromatic nitrogens is 1. The molecule has 0 atom stereocenters. The first-order valence-corrected chi connectivity index (χ1v) is 9.84. The van der Waals surface area contributed by atoms with E-state index in [0.717, 1.165) is 24.0 Å². The van der Waals surface area contributed by atoms with Gasteiger partial charge in [-0.25, -0.2) is 0 Å². The lowest BCUT2D eigenvalue weighted by Gasteiger charge is -2.34. The molecular weight excluding hydrogens is 366 g/mol. The number of H-pyrrole nitrogens is 1. The summed E-state index contributed by atoms with van der Waals surface area (Å²) in [5, 5.41) is 0.757. The predicted octanol–water partition coefficient (Wildman–Crippen LogP) is 2.56.